The van der Waals surface area contributed by atoms with Crippen LogP contribution in [0, 0.1) is 0 Å². The molecule has 2 N–H and O–H groups in total. The Bertz CT molecular complexity index is 772. The third kappa shape index (κ3) is 4.19. The predicted molar refractivity (Wildman–Crippen MR) is 115 cm³/mol. The van der Waals surface area contributed by atoms with E-state index in [4.69, 9.17) is 4.98 Å². The minimum absolute atomic E-state index is 0.127. The summed E-state index contributed by atoms with van der Waals surface area (Å²) in [6, 6.07) is 0.826. The summed E-state index contributed by atoms with van der Waals surface area (Å²) in [7, 11) is 0. The highest BCUT2D eigenvalue weighted by atomic mass is 16.3. The maximum Gasteiger partial charge on any atom is 0.224 e. The average Bonchev–Trinajstić information content (AvgIpc) is 3.08. The van der Waals surface area contributed by atoms with Crippen molar-refractivity contribution in [3.8, 4) is 0 Å². The number of hydrogen-bond donors (Lipinski definition) is 2. The quantitative estimate of drug-likeness (QED) is 0.685. The molecule has 0 bridgehead atoms. The fraction of sp³-hybridized carbons (Fsp3) is 0.739. The maximum absolute atomic E-state index is 9.95. The molecule has 2 aliphatic carbocycles. The van der Waals surface area contributed by atoms with E-state index in [1.807, 2.05) is 0 Å². The average molecular weight is 385 g/mol. The Balaban J connectivity index is 1.69. The fourth-order valence-electron chi connectivity index (χ4n) is 5.20. The van der Waals surface area contributed by atoms with Crippen LogP contribution in [0.2, 0.25) is 0 Å². The first-order valence-corrected chi connectivity index (χ1v) is 11.5. The number of fused-ring (bicyclic) bond motifs is 1. The number of rotatable bonds is 6. The first-order chi connectivity index (χ1) is 13.7. The van der Waals surface area contributed by atoms with Gasteiger partial charge in [-0.05, 0) is 63.4 Å². The summed E-state index contributed by atoms with van der Waals surface area (Å²) in [5.41, 5.74) is 2.54. The first-order valence-electron chi connectivity index (χ1n) is 11.5. The number of anilines is 1. The lowest BCUT2D eigenvalue weighted by Gasteiger charge is -2.27. The van der Waals surface area contributed by atoms with Crippen molar-refractivity contribution in [1.29, 1.82) is 0 Å². The van der Waals surface area contributed by atoms with Gasteiger partial charge in [-0.3, -0.25) is 0 Å². The molecule has 0 spiro atoms. The number of aliphatic hydroxyl groups is 1. The van der Waals surface area contributed by atoms with Crippen LogP contribution < -0.4 is 5.32 Å². The second-order valence-electron chi connectivity index (χ2n) is 9.05. The molecule has 0 aliphatic heterocycles. The minimum Gasteiger partial charge on any atom is -0.393 e. The lowest BCUT2D eigenvalue weighted by Crippen LogP contribution is -2.21. The second kappa shape index (κ2) is 8.81. The summed E-state index contributed by atoms with van der Waals surface area (Å²) < 4.78 is 2.42. The van der Waals surface area contributed by atoms with Crippen molar-refractivity contribution in [2.24, 2.45) is 0 Å². The van der Waals surface area contributed by atoms with Gasteiger partial charge in [-0.25, -0.2) is 4.98 Å². The normalized spacial score (nSPS) is 25.1. The minimum atomic E-state index is -0.127. The molecule has 2 heterocycles. The van der Waals surface area contributed by atoms with Crippen LogP contribution in [0.15, 0.2) is 12.4 Å². The molecule has 1 atom stereocenters. The van der Waals surface area contributed by atoms with E-state index in [-0.39, 0.29) is 6.10 Å². The van der Waals surface area contributed by atoms with Gasteiger partial charge in [0.15, 0.2) is 0 Å². The van der Waals surface area contributed by atoms with E-state index in [0.29, 0.717) is 18.0 Å². The van der Waals surface area contributed by atoms with Crippen LogP contribution in [0.5, 0.6) is 0 Å². The lowest BCUT2D eigenvalue weighted by molar-refractivity contribution is 0.111. The molecular formula is C23H36N4O. The zero-order valence-corrected chi connectivity index (χ0v) is 17.5. The largest absolute Gasteiger partial charge is 0.393 e. The molecule has 5 heteroatoms. The van der Waals surface area contributed by atoms with Gasteiger partial charge >= 0.3 is 0 Å². The van der Waals surface area contributed by atoms with E-state index in [2.05, 4.69) is 41.1 Å². The van der Waals surface area contributed by atoms with Crippen LogP contribution in [0.4, 0.5) is 5.95 Å². The summed E-state index contributed by atoms with van der Waals surface area (Å²) in [5, 5.41) is 14.7. The molecule has 2 aromatic heterocycles. The highest BCUT2D eigenvalue weighted by Crippen LogP contribution is 2.40. The lowest BCUT2D eigenvalue weighted by atomic mass is 9.84. The SMILES string of the molecule is CCCC(C)Nc1ncc2c(C3CCCCC3)cn(C3CCC(O)CC3)c2n1. The van der Waals surface area contributed by atoms with Crippen molar-refractivity contribution in [2.75, 3.05) is 5.32 Å². The summed E-state index contributed by atoms with van der Waals surface area (Å²) >= 11 is 0. The Morgan fingerprint density at radius 3 is 2.61 bits per heavy atom. The van der Waals surface area contributed by atoms with Gasteiger partial charge in [-0.1, -0.05) is 32.6 Å². The summed E-state index contributed by atoms with van der Waals surface area (Å²) in [4.78, 5) is 9.66. The van der Waals surface area contributed by atoms with Crippen LogP contribution in [0.1, 0.15) is 102 Å². The molecule has 5 nitrogen and oxygen atoms in total. The van der Waals surface area contributed by atoms with Crippen molar-refractivity contribution < 1.29 is 5.11 Å². The van der Waals surface area contributed by atoms with Crippen LogP contribution >= 0.6 is 0 Å². The van der Waals surface area contributed by atoms with Gasteiger partial charge in [0.25, 0.3) is 0 Å². The van der Waals surface area contributed by atoms with Gasteiger partial charge in [0.1, 0.15) is 5.65 Å². The molecule has 0 amide bonds. The molecule has 28 heavy (non-hydrogen) atoms. The number of nitrogens with zero attached hydrogens (tertiary/aromatic N) is 3. The third-order valence-electron chi connectivity index (χ3n) is 6.80. The van der Waals surface area contributed by atoms with Gasteiger partial charge in [0.2, 0.25) is 5.95 Å². The first kappa shape index (κ1) is 19.7. The molecule has 0 radical (unpaired) electrons. The molecule has 154 valence electrons. The maximum atomic E-state index is 9.95. The number of hydrogen-bond acceptors (Lipinski definition) is 4. The third-order valence-corrected chi connectivity index (χ3v) is 6.80. The van der Waals surface area contributed by atoms with Crippen molar-refractivity contribution in [2.45, 2.75) is 109 Å². The van der Waals surface area contributed by atoms with Gasteiger partial charge in [-0.2, -0.15) is 4.98 Å². The Labute approximate surface area is 169 Å². The van der Waals surface area contributed by atoms with Crippen LogP contribution in [-0.2, 0) is 0 Å². The number of nitrogens with one attached hydrogen (secondary N) is 1. The molecule has 4 rings (SSSR count). The van der Waals surface area contributed by atoms with E-state index in [1.165, 1.54) is 43.1 Å². The van der Waals surface area contributed by atoms with E-state index in [0.717, 1.165) is 50.1 Å². The number of aromatic nitrogens is 3. The van der Waals surface area contributed by atoms with Crippen molar-refractivity contribution in [3.05, 3.63) is 18.0 Å². The number of aliphatic hydroxyl groups excluding tert-OH is 1. The second-order valence-corrected chi connectivity index (χ2v) is 9.05. The Kier molecular flexibility index (Phi) is 6.19. The van der Waals surface area contributed by atoms with E-state index in [1.54, 1.807) is 0 Å². The van der Waals surface area contributed by atoms with Gasteiger partial charge in [0, 0.05) is 29.9 Å². The molecule has 2 saturated carbocycles. The summed E-state index contributed by atoms with van der Waals surface area (Å²) in [6.07, 6.45) is 17.1. The predicted octanol–water partition coefficient (Wildman–Crippen LogP) is 5.56. The molecule has 2 aromatic rings. The fourth-order valence-corrected chi connectivity index (χ4v) is 5.20. The van der Waals surface area contributed by atoms with Crippen LogP contribution in [0.3, 0.4) is 0 Å². The van der Waals surface area contributed by atoms with Gasteiger partial charge in [-0.15, -0.1) is 0 Å². The van der Waals surface area contributed by atoms with E-state index in [9.17, 15) is 5.11 Å². The topological polar surface area (TPSA) is 63.0 Å². The van der Waals surface area contributed by atoms with Crippen molar-refractivity contribution in [3.63, 3.8) is 0 Å². The van der Waals surface area contributed by atoms with E-state index >= 15 is 0 Å². The highest BCUT2D eigenvalue weighted by molar-refractivity contribution is 5.81. The molecular weight excluding hydrogens is 348 g/mol. The zero-order valence-electron chi connectivity index (χ0n) is 17.5. The molecule has 0 aromatic carbocycles. The zero-order chi connectivity index (χ0) is 19.5. The van der Waals surface area contributed by atoms with Crippen LogP contribution in [-0.4, -0.2) is 31.8 Å². The van der Waals surface area contributed by atoms with Crippen molar-refractivity contribution in [1.82, 2.24) is 14.5 Å². The van der Waals surface area contributed by atoms with Gasteiger partial charge in [0.05, 0.1) is 6.10 Å². The monoisotopic (exact) mass is 384 g/mol. The van der Waals surface area contributed by atoms with Gasteiger partial charge < -0.3 is 15.0 Å². The highest BCUT2D eigenvalue weighted by Gasteiger charge is 2.27. The Morgan fingerprint density at radius 1 is 1.14 bits per heavy atom. The Hall–Kier alpha value is -1.62. The summed E-state index contributed by atoms with van der Waals surface area (Å²) in [6.45, 7) is 4.41. The van der Waals surface area contributed by atoms with Crippen LogP contribution in [0.25, 0.3) is 11.0 Å². The summed E-state index contributed by atoms with van der Waals surface area (Å²) in [5.74, 6) is 1.40. The Morgan fingerprint density at radius 2 is 1.89 bits per heavy atom. The van der Waals surface area contributed by atoms with Crippen molar-refractivity contribution >= 4 is 17.0 Å². The van der Waals surface area contributed by atoms with E-state index < -0.39 is 0 Å². The molecule has 2 fully saturated rings. The molecule has 1 unspecified atom stereocenters. The smallest absolute Gasteiger partial charge is 0.224 e. The molecule has 2 aliphatic rings. The standard InChI is InChI=1S/C23H36N4O/c1-3-7-16(2)25-23-24-14-20-21(17-8-5-4-6-9-17)15-27(22(20)26-23)18-10-12-19(28)13-11-18/h14-19,28H,3-13H2,1-2H3,(H,24,25,26). The molecule has 0 saturated heterocycles.